The molecule has 0 aliphatic heterocycles. The molecule has 0 spiro atoms. The van der Waals surface area contributed by atoms with Crippen LogP contribution < -0.4 is 5.32 Å². The average molecular weight is 957 g/mol. The summed E-state index contributed by atoms with van der Waals surface area (Å²) in [6.07, 6.45) is 71.8. The van der Waals surface area contributed by atoms with Gasteiger partial charge in [-0.2, -0.15) is 0 Å². The van der Waals surface area contributed by atoms with Gasteiger partial charge in [-0.25, -0.2) is 0 Å². The van der Waals surface area contributed by atoms with E-state index in [0.29, 0.717) is 19.4 Å². The van der Waals surface area contributed by atoms with Crippen LogP contribution in [0.5, 0.6) is 0 Å². The monoisotopic (exact) mass is 956 g/mol. The minimum Gasteiger partial charge on any atom is -0.466 e. The first-order valence-electron chi connectivity index (χ1n) is 30.3. The lowest BCUT2D eigenvalue weighted by Crippen LogP contribution is -2.45. The van der Waals surface area contributed by atoms with Gasteiger partial charge in [0.25, 0.3) is 0 Å². The molecular weight excluding hydrogens is 839 g/mol. The van der Waals surface area contributed by atoms with E-state index in [2.05, 4.69) is 43.5 Å². The zero-order valence-corrected chi connectivity index (χ0v) is 45.6. The molecule has 400 valence electrons. The predicted octanol–water partition coefficient (Wildman–Crippen LogP) is 18.8. The lowest BCUT2D eigenvalue weighted by atomic mass is 10.0. The van der Waals surface area contributed by atoms with Crippen molar-refractivity contribution in [2.24, 2.45) is 0 Å². The number of allylic oxidation sites excluding steroid dienone is 5. The minimum atomic E-state index is -0.842. The Morgan fingerprint density at radius 2 is 0.735 bits per heavy atom. The van der Waals surface area contributed by atoms with Gasteiger partial charge in [-0.3, -0.25) is 9.59 Å². The van der Waals surface area contributed by atoms with Crippen LogP contribution >= 0.6 is 0 Å². The highest BCUT2D eigenvalue weighted by atomic mass is 16.5. The van der Waals surface area contributed by atoms with Gasteiger partial charge in [0.1, 0.15) is 0 Å². The molecule has 0 radical (unpaired) electrons. The maximum absolute atomic E-state index is 12.4. The molecule has 68 heavy (non-hydrogen) atoms. The number of hydrogen-bond donors (Lipinski definition) is 3. The lowest BCUT2D eigenvalue weighted by Gasteiger charge is -2.20. The Balaban J connectivity index is 3.37. The number of aliphatic hydroxyl groups is 2. The molecule has 0 saturated carbocycles. The van der Waals surface area contributed by atoms with Crippen LogP contribution in [0.1, 0.15) is 322 Å². The largest absolute Gasteiger partial charge is 0.466 e. The summed E-state index contributed by atoms with van der Waals surface area (Å²) in [5, 5.41) is 23.0. The molecule has 0 aromatic heterocycles. The number of amides is 1. The Kier molecular flexibility index (Phi) is 56.0. The number of carbonyl (C=O) groups excluding carboxylic acids is 2. The van der Waals surface area contributed by atoms with Crippen molar-refractivity contribution in [1.29, 1.82) is 0 Å². The van der Waals surface area contributed by atoms with Gasteiger partial charge in [0, 0.05) is 12.8 Å². The Bertz CT molecular complexity index is 1100. The first-order valence-corrected chi connectivity index (χ1v) is 30.3. The first-order chi connectivity index (χ1) is 33.5. The van der Waals surface area contributed by atoms with E-state index in [9.17, 15) is 19.8 Å². The van der Waals surface area contributed by atoms with Gasteiger partial charge in [0.2, 0.25) is 5.91 Å². The zero-order valence-electron chi connectivity index (χ0n) is 45.6. The molecule has 0 saturated heterocycles. The van der Waals surface area contributed by atoms with Crippen molar-refractivity contribution in [3.63, 3.8) is 0 Å². The highest BCUT2D eigenvalue weighted by Crippen LogP contribution is 2.17. The summed E-state index contributed by atoms with van der Waals surface area (Å²) in [5.74, 6) is -0.0666. The number of carbonyl (C=O) groups is 2. The van der Waals surface area contributed by atoms with Crippen LogP contribution in [0.25, 0.3) is 0 Å². The maximum atomic E-state index is 12.4. The van der Waals surface area contributed by atoms with Crippen LogP contribution in [-0.4, -0.2) is 47.4 Å². The second-order valence-electron chi connectivity index (χ2n) is 20.7. The number of aliphatic hydroxyl groups excluding tert-OH is 2. The molecule has 3 N–H and O–H groups in total. The van der Waals surface area contributed by atoms with Gasteiger partial charge in [-0.05, 0) is 64.2 Å². The maximum Gasteiger partial charge on any atom is 0.305 e. The van der Waals surface area contributed by atoms with Gasteiger partial charge < -0.3 is 20.3 Å². The summed E-state index contributed by atoms with van der Waals surface area (Å²) in [7, 11) is 0. The van der Waals surface area contributed by atoms with Gasteiger partial charge in [0.05, 0.1) is 25.4 Å². The van der Waals surface area contributed by atoms with E-state index in [-0.39, 0.29) is 18.5 Å². The normalized spacial score (nSPS) is 12.8. The number of ether oxygens (including phenoxy) is 1. The van der Waals surface area contributed by atoms with E-state index in [1.54, 1.807) is 6.08 Å². The number of rotatable bonds is 56. The summed E-state index contributed by atoms with van der Waals surface area (Å²) in [4.78, 5) is 24.5. The zero-order chi connectivity index (χ0) is 49.3. The Morgan fingerprint density at radius 3 is 1.13 bits per heavy atom. The molecular formula is C62H117NO5. The minimum absolute atomic E-state index is 0.00128. The summed E-state index contributed by atoms with van der Waals surface area (Å²) < 4.78 is 5.48. The van der Waals surface area contributed by atoms with Gasteiger partial charge in [-0.15, -0.1) is 0 Å². The number of hydrogen-bond acceptors (Lipinski definition) is 5. The molecule has 6 heteroatoms. The quantitative estimate of drug-likeness (QED) is 0.0321. The fraction of sp³-hybridized carbons (Fsp3) is 0.871. The Morgan fingerprint density at radius 1 is 0.412 bits per heavy atom. The van der Waals surface area contributed by atoms with Crippen molar-refractivity contribution < 1.29 is 24.5 Å². The molecule has 6 nitrogen and oxygen atoms in total. The molecule has 0 heterocycles. The van der Waals surface area contributed by atoms with Crippen molar-refractivity contribution in [1.82, 2.24) is 5.32 Å². The van der Waals surface area contributed by atoms with Crippen molar-refractivity contribution in [2.75, 3.05) is 13.2 Å². The Hall–Kier alpha value is -1.92. The molecule has 0 aliphatic rings. The summed E-state index contributed by atoms with van der Waals surface area (Å²) in [6, 6.07) is -0.626. The highest BCUT2D eigenvalue weighted by Gasteiger charge is 2.18. The first kappa shape index (κ1) is 66.1. The van der Waals surface area contributed by atoms with Gasteiger partial charge in [0.15, 0.2) is 0 Å². The number of nitrogens with one attached hydrogen (secondary N) is 1. The van der Waals surface area contributed by atoms with Gasteiger partial charge >= 0.3 is 5.97 Å². The summed E-state index contributed by atoms with van der Waals surface area (Å²) >= 11 is 0. The second-order valence-corrected chi connectivity index (χ2v) is 20.7. The molecule has 0 aromatic carbocycles. The number of unbranched alkanes of at least 4 members (excludes halogenated alkanes) is 41. The molecule has 0 bridgehead atoms. The standard InChI is InChI=1S/C62H117NO5/c1-3-5-7-9-11-13-15-16-17-29-32-36-40-44-48-52-56-62(67)68-57-53-49-45-41-37-33-30-27-25-23-21-19-18-20-22-24-26-28-31-35-39-43-47-51-55-61(66)63-59(58-64)60(65)54-50-46-42-38-34-14-12-10-8-6-4-2/h13,15,17,29,50,54,59-60,64-65H,3-12,14,16,18-28,30-49,51-53,55-58H2,1-2H3,(H,63,66)/b15-13-,29-17-,54-50+. The van der Waals surface area contributed by atoms with Crippen molar-refractivity contribution >= 4 is 11.9 Å². The molecule has 0 rings (SSSR count). The van der Waals surface area contributed by atoms with E-state index in [1.165, 1.54) is 244 Å². The molecule has 2 unspecified atom stereocenters. The van der Waals surface area contributed by atoms with Crippen molar-refractivity contribution in [2.45, 2.75) is 334 Å². The highest BCUT2D eigenvalue weighted by molar-refractivity contribution is 5.76. The fourth-order valence-electron chi connectivity index (χ4n) is 9.25. The average Bonchev–Trinajstić information content (AvgIpc) is 3.34. The molecule has 0 fully saturated rings. The molecule has 0 aliphatic carbocycles. The third-order valence-corrected chi connectivity index (χ3v) is 13.9. The van der Waals surface area contributed by atoms with Crippen LogP contribution in [0.4, 0.5) is 0 Å². The summed E-state index contributed by atoms with van der Waals surface area (Å²) in [6.45, 7) is 4.88. The van der Waals surface area contributed by atoms with Crippen LogP contribution in [0.2, 0.25) is 0 Å². The molecule has 1 amide bonds. The molecule has 2 atom stereocenters. The predicted molar refractivity (Wildman–Crippen MR) is 296 cm³/mol. The van der Waals surface area contributed by atoms with Gasteiger partial charge in [-0.1, -0.05) is 281 Å². The van der Waals surface area contributed by atoms with Crippen LogP contribution in [0, 0.1) is 0 Å². The smallest absolute Gasteiger partial charge is 0.305 e. The van der Waals surface area contributed by atoms with E-state index < -0.39 is 12.1 Å². The lowest BCUT2D eigenvalue weighted by molar-refractivity contribution is -0.143. The van der Waals surface area contributed by atoms with Crippen LogP contribution in [0.3, 0.4) is 0 Å². The molecule has 0 aromatic rings. The summed E-state index contributed by atoms with van der Waals surface area (Å²) in [5.41, 5.74) is 0. The second kappa shape index (κ2) is 57.7. The van der Waals surface area contributed by atoms with E-state index in [4.69, 9.17) is 4.74 Å². The van der Waals surface area contributed by atoms with Crippen LogP contribution in [-0.2, 0) is 14.3 Å². The Labute approximate surface area is 424 Å². The number of esters is 1. The van der Waals surface area contributed by atoms with E-state index >= 15 is 0 Å². The SMILES string of the molecule is CCCCCC/C=C\C/C=C\CCCCCCCC(=O)OCCCCCCCCCCCCCCCCCCCCCCCCCCC(=O)NC(CO)C(O)/C=C/CCCCCCCCCCC. The van der Waals surface area contributed by atoms with Crippen molar-refractivity contribution in [3.8, 4) is 0 Å². The topological polar surface area (TPSA) is 95.9 Å². The fourth-order valence-corrected chi connectivity index (χ4v) is 9.25. The van der Waals surface area contributed by atoms with Crippen molar-refractivity contribution in [3.05, 3.63) is 36.5 Å². The van der Waals surface area contributed by atoms with E-state index in [0.717, 1.165) is 51.4 Å². The third-order valence-electron chi connectivity index (χ3n) is 13.9. The van der Waals surface area contributed by atoms with Crippen LogP contribution in [0.15, 0.2) is 36.5 Å². The third kappa shape index (κ3) is 53.4. The van der Waals surface area contributed by atoms with E-state index in [1.807, 2.05) is 6.08 Å².